The van der Waals surface area contributed by atoms with Gasteiger partial charge in [-0.1, -0.05) is 0 Å². The van der Waals surface area contributed by atoms with Gasteiger partial charge in [-0.2, -0.15) is 5.10 Å². The average Bonchev–Trinajstić information content (AvgIpc) is 2.93. The monoisotopic (exact) mass is 289 g/mol. The molecule has 0 aliphatic carbocycles. The van der Waals surface area contributed by atoms with Crippen molar-refractivity contribution < 1.29 is 18.6 Å². The van der Waals surface area contributed by atoms with Crippen LogP contribution < -0.4 is 0 Å². The number of sulfone groups is 1. The molecule has 1 aromatic heterocycles. The molecule has 0 aromatic carbocycles. The molecule has 8 heteroatoms. The highest BCUT2D eigenvalue weighted by Crippen LogP contribution is 2.38. The highest BCUT2D eigenvalue weighted by Gasteiger charge is 2.44. The zero-order valence-corrected chi connectivity index (χ0v) is 11.7. The van der Waals surface area contributed by atoms with Crippen LogP contribution in [0.4, 0.5) is 0 Å². The van der Waals surface area contributed by atoms with Crippen LogP contribution in [0.1, 0.15) is 12.2 Å². The van der Waals surface area contributed by atoms with Crippen molar-refractivity contribution in [3.8, 4) is 0 Å². The lowest BCUT2D eigenvalue weighted by Crippen LogP contribution is -2.41. The van der Waals surface area contributed by atoms with Crippen LogP contribution >= 0.6 is 0 Å². The highest BCUT2D eigenvalue weighted by molar-refractivity contribution is 7.91. The third kappa shape index (κ3) is 2.80. The van der Waals surface area contributed by atoms with Crippen LogP contribution in [0.25, 0.3) is 0 Å². The Morgan fingerprint density at radius 3 is 2.58 bits per heavy atom. The van der Waals surface area contributed by atoms with E-state index >= 15 is 0 Å². The van der Waals surface area contributed by atoms with Gasteiger partial charge in [0.1, 0.15) is 12.2 Å². The van der Waals surface area contributed by atoms with E-state index in [0.29, 0.717) is 18.7 Å². The number of rotatable bonds is 5. The van der Waals surface area contributed by atoms with Crippen molar-refractivity contribution in [3.63, 3.8) is 0 Å². The summed E-state index contributed by atoms with van der Waals surface area (Å²) in [7, 11) is -1.32. The summed E-state index contributed by atoms with van der Waals surface area (Å²) in [6.45, 7) is -0.535. The van der Waals surface area contributed by atoms with E-state index in [4.69, 9.17) is 0 Å². The number of aliphatic hydroxyl groups is 2. The molecule has 7 nitrogen and oxygen atoms in total. The molecule has 0 amide bonds. The van der Waals surface area contributed by atoms with Gasteiger partial charge in [0.2, 0.25) is 0 Å². The van der Waals surface area contributed by atoms with Crippen LogP contribution in [0.5, 0.6) is 0 Å². The Hall–Kier alpha value is -0.990. The molecule has 1 atom stereocenters. The maximum Gasteiger partial charge on any atom is 0.150 e. The van der Waals surface area contributed by atoms with E-state index in [-0.39, 0.29) is 30.6 Å². The van der Waals surface area contributed by atoms with E-state index in [9.17, 15) is 18.6 Å². The second-order valence-corrected chi connectivity index (χ2v) is 7.48. The van der Waals surface area contributed by atoms with Crippen molar-refractivity contribution in [2.75, 3.05) is 24.7 Å². The molecule has 0 saturated carbocycles. The number of nitrogens with zero attached hydrogens (tertiary/aromatic N) is 3. The fourth-order valence-electron chi connectivity index (χ4n) is 2.64. The van der Waals surface area contributed by atoms with Gasteiger partial charge in [-0.3, -0.25) is 4.68 Å². The molecule has 108 valence electrons. The van der Waals surface area contributed by atoms with Gasteiger partial charge in [-0.25, -0.2) is 13.4 Å². The molecule has 1 unspecified atom stereocenters. The van der Waals surface area contributed by atoms with Gasteiger partial charge >= 0.3 is 0 Å². The lowest BCUT2D eigenvalue weighted by atomic mass is 9.73. The minimum Gasteiger partial charge on any atom is -0.396 e. The first-order chi connectivity index (χ1) is 8.92. The molecule has 0 radical (unpaired) electrons. The smallest absolute Gasteiger partial charge is 0.150 e. The zero-order chi connectivity index (χ0) is 14.1. The Kier molecular flexibility index (Phi) is 3.93. The molecule has 1 saturated heterocycles. The number of aryl methyl sites for hydroxylation is 1. The van der Waals surface area contributed by atoms with Crippen LogP contribution in [0.3, 0.4) is 0 Å². The van der Waals surface area contributed by atoms with Crippen LogP contribution in [0.2, 0.25) is 0 Å². The second kappa shape index (κ2) is 5.18. The fourth-order valence-corrected chi connectivity index (χ4v) is 4.58. The fraction of sp³-hybridized carbons (Fsp3) is 0.818. The third-order valence-electron chi connectivity index (χ3n) is 4.04. The summed E-state index contributed by atoms with van der Waals surface area (Å²) in [4.78, 5) is 4.08. The van der Waals surface area contributed by atoms with Crippen LogP contribution in [-0.4, -0.2) is 58.1 Å². The lowest BCUT2D eigenvalue weighted by molar-refractivity contribution is 0.0102. The Bertz CT molecular complexity index is 536. The van der Waals surface area contributed by atoms with Crippen molar-refractivity contribution in [2.24, 2.45) is 18.4 Å². The van der Waals surface area contributed by atoms with Crippen molar-refractivity contribution in [1.82, 2.24) is 14.8 Å². The molecule has 1 aliphatic heterocycles. The Morgan fingerprint density at radius 2 is 2.16 bits per heavy atom. The maximum absolute atomic E-state index is 11.6. The van der Waals surface area contributed by atoms with Crippen LogP contribution in [-0.2, 0) is 23.3 Å². The molecule has 0 spiro atoms. The number of aliphatic hydroxyl groups excluding tert-OH is 2. The first-order valence-corrected chi connectivity index (χ1v) is 7.99. The quantitative estimate of drug-likeness (QED) is 0.702. The molecule has 2 rings (SSSR count). The summed E-state index contributed by atoms with van der Waals surface area (Å²) < 4.78 is 24.8. The summed E-state index contributed by atoms with van der Waals surface area (Å²) in [6.07, 6.45) is 2.19. The van der Waals surface area contributed by atoms with E-state index in [1.54, 1.807) is 11.7 Å². The molecule has 19 heavy (non-hydrogen) atoms. The zero-order valence-electron chi connectivity index (χ0n) is 10.9. The van der Waals surface area contributed by atoms with Crippen LogP contribution in [0, 0.1) is 11.3 Å². The van der Waals surface area contributed by atoms with E-state index in [0.717, 1.165) is 0 Å². The number of aromatic nitrogens is 3. The Morgan fingerprint density at radius 1 is 1.47 bits per heavy atom. The first-order valence-electron chi connectivity index (χ1n) is 6.17. The van der Waals surface area contributed by atoms with Gasteiger partial charge < -0.3 is 10.2 Å². The van der Waals surface area contributed by atoms with Gasteiger partial charge in [-0.15, -0.1) is 0 Å². The standard InChI is InChI=1S/C11H19N3O4S/c1-14-10(12-8-13-14)4-11(6-15,7-16)9-2-3-19(17,18)5-9/h8-9,15-16H,2-7H2,1H3. The molecule has 2 N–H and O–H groups in total. The van der Waals surface area contributed by atoms with E-state index < -0.39 is 15.3 Å². The summed E-state index contributed by atoms with van der Waals surface area (Å²) in [5.41, 5.74) is -0.857. The molecule has 1 aromatic rings. The van der Waals surface area contributed by atoms with E-state index in [1.165, 1.54) is 6.33 Å². The van der Waals surface area contributed by atoms with E-state index in [2.05, 4.69) is 10.1 Å². The van der Waals surface area contributed by atoms with Crippen LogP contribution in [0.15, 0.2) is 6.33 Å². The molecular weight excluding hydrogens is 270 g/mol. The van der Waals surface area contributed by atoms with Gasteiger partial charge in [0.15, 0.2) is 9.84 Å². The minimum atomic E-state index is -3.05. The largest absolute Gasteiger partial charge is 0.396 e. The molecule has 1 aliphatic rings. The Balaban J connectivity index is 2.25. The molecule has 2 heterocycles. The number of hydrogen-bond acceptors (Lipinski definition) is 6. The molecular formula is C11H19N3O4S. The summed E-state index contributed by atoms with van der Waals surface area (Å²) in [5.74, 6) is 0.529. The van der Waals surface area contributed by atoms with Crippen molar-refractivity contribution in [3.05, 3.63) is 12.2 Å². The van der Waals surface area contributed by atoms with Gasteiger partial charge in [0.25, 0.3) is 0 Å². The lowest BCUT2D eigenvalue weighted by Gasteiger charge is -2.34. The van der Waals surface area contributed by atoms with Gasteiger partial charge in [0.05, 0.1) is 24.7 Å². The van der Waals surface area contributed by atoms with Gasteiger partial charge in [-0.05, 0) is 12.3 Å². The number of hydrogen-bond donors (Lipinski definition) is 2. The van der Waals surface area contributed by atoms with E-state index in [1.807, 2.05) is 0 Å². The summed E-state index contributed by atoms with van der Waals surface area (Å²) >= 11 is 0. The van der Waals surface area contributed by atoms with Gasteiger partial charge in [0, 0.05) is 18.9 Å². The van der Waals surface area contributed by atoms with Crippen molar-refractivity contribution in [1.29, 1.82) is 0 Å². The third-order valence-corrected chi connectivity index (χ3v) is 5.81. The Labute approximate surface area is 112 Å². The molecule has 0 bridgehead atoms. The predicted octanol–water partition coefficient (Wildman–Crippen LogP) is -1.24. The van der Waals surface area contributed by atoms with Crippen molar-refractivity contribution in [2.45, 2.75) is 12.8 Å². The summed E-state index contributed by atoms with van der Waals surface area (Å²) in [6, 6.07) is 0. The normalized spacial score (nSPS) is 22.8. The molecule has 1 fully saturated rings. The van der Waals surface area contributed by atoms with Crippen molar-refractivity contribution >= 4 is 9.84 Å². The topological polar surface area (TPSA) is 105 Å². The SMILES string of the molecule is Cn1ncnc1CC(CO)(CO)C1CCS(=O)(=O)C1. The first kappa shape index (κ1) is 14.4. The minimum absolute atomic E-state index is 0.0198. The highest BCUT2D eigenvalue weighted by atomic mass is 32.2. The average molecular weight is 289 g/mol. The predicted molar refractivity (Wildman–Crippen MR) is 68.1 cm³/mol. The summed E-state index contributed by atoms with van der Waals surface area (Å²) in [5, 5.41) is 23.3. The maximum atomic E-state index is 11.6. The second-order valence-electron chi connectivity index (χ2n) is 5.26.